The molecule has 0 aliphatic heterocycles. The van der Waals surface area contributed by atoms with Crippen LogP contribution < -0.4 is 10.2 Å². The van der Waals surface area contributed by atoms with Gasteiger partial charge in [0.25, 0.3) is 5.91 Å². The molecule has 0 unspecified atom stereocenters. The summed E-state index contributed by atoms with van der Waals surface area (Å²) in [6.45, 7) is 0. The highest BCUT2D eigenvalue weighted by atomic mass is 32.2. The van der Waals surface area contributed by atoms with Gasteiger partial charge in [0.2, 0.25) is 10.0 Å². The van der Waals surface area contributed by atoms with Crippen LogP contribution in [0.1, 0.15) is 0 Å². The summed E-state index contributed by atoms with van der Waals surface area (Å²) in [6.07, 6.45) is 0. The van der Waals surface area contributed by atoms with E-state index >= 15 is 0 Å². The number of hydrogen-bond donors (Lipinski definition) is 2. The largest absolute Gasteiger partial charge is 0.277 e. The molecule has 66 valence electrons. The van der Waals surface area contributed by atoms with Crippen LogP contribution in [0.3, 0.4) is 0 Å². The van der Waals surface area contributed by atoms with Crippen molar-refractivity contribution < 1.29 is 18.0 Å². The number of rotatable bonds is 4. The molecule has 11 heavy (non-hydrogen) atoms. The van der Waals surface area contributed by atoms with Crippen LogP contribution in [-0.2, 0) is 19.7 Å². The van der Waals surface area contributed by atoms with E-state index in [-0.39, 0.29) is 0 Å². The summed E-state index contributed by atoms with van der Waals surface area (Å²) in [4.78, 5) is 14.8. The van der Waals surface area contributed by atoms with Gasteiger partial charge < -0.3 is 0 Å². The molecule has 0 aliphatic rings. The Morgan fingerprint density at radius 3 is 2.45 bits per heavy atom. The van der Waals surface area contributed by atoms with E-state index < -0.39 is 21.7 Å². The number of nitrogens with one attached hydrogen (secondary N) is 2. The highest BCUT2D eigenvalue weighted by Gasteiger charge is 2.12. The molecule has 0 aromatic heterocycles. The van der Waals surface area contributed by atoms with Gasteiger partial charge in [-0.3, -0.25) is 9.63 Å². The second kappa shape index (κ2) is 4.27. The fourth-order valence-electron chi connectivity index (χ4n) is 0.388. The van der Waals surface area contributed by atoms with Crippen molar-refractivity contribution in [2.45, 2.75) is 0 Å². The van der Waals surface area contributed by atoms with Crippen LogP contribution in [0.25, 0.3) is 0 Å². The third-order valence-electron chi connectivity index (χ3n) is 0.848. The molecule has 0 bridgehead atoms. The van der Waals surface area contributed by atoms with Crippen LogP contribution >= 0.6 is 0 Å². The first-order valence-corrected chi connectivity index (χ1v) is 4.40. The molecular formula is C4H10N2O4S. The highest BCUT2D eigenvalue weighted by molar-refractivity contribution is 7.90. The number of amides is 1. The van der Waals surface area contributed by atoms with Gasteiger partial charge in [-0.2, -0.15) is 0 Å². The monoisotopic (exact) mass is 182 g/mol. The molecule has 0 aromatic carbocycles. The minimum Gasteiger partial charge on any atom is -0.277 e. The fraction of sp³-hybridized carbons (Fsp3) is 0.750. The molecular weight excluding hydrogens is 172 g/mol. The first-order chi connectivity index (χ1) is 5.02. The number of hydrogen-bond acceptors (Lipinski definition) is 4. The molecule has 0 aliphatic carbocycles. The van der Waals surface area contributed by atoms with E-state index in [4.69, 9.17) is 0 Å². The molecule has 0 fully saturated rings. The van der Waals surface area contributed by atoms with Crippen molar-refractivity contribution in [3.05, 3.63) is 0 Å². The summed E-state index contributed by atoms with van der Waals surface area (Å²) in [6, 6.07) is 0. The highest BCUT2D eigenvalue weighted by Crippen LogP contribution is 1.80. The number of sulfonamides is 1. The molecule has 2 N–H and O–H groups in total. The zero-order valence-corrected chi connectivity index (χ0v) is 7.06. The average molecular weight is 182 g/mol. The molecule has 0 saturated carbocycles. The topological polar surface area (TPSA) is 84.5 Å². The van der Waals surface area contributed by atoms with E-state index in [0.29, 0.717) is 0 Å². The standard InChI is InChI=1S/C4H10N2O4S/c1-5-11(8,9)3-4(7)6-10-2/h5H,3H2,1-2H3,(H,6,7). The fourth-order valence-corrected chi connectivity index (χ4v) is 0.936. The molecule has 0 aromatic rings. The molecule has 6 nitrogen and oxygen atoms in total. The van der Waals surface area contributed by atoms with E-state index in [9.17, 15) is 13.2 Å². The van der Waals surface area contributed by atoms with Crippen molar-refractivity contribution in [2.24, 2.45) is 0 Å². The summed E-state index contributed by atoms with van der Waals surface area (Å²) in [7, 11) is -1.03. The Bertz CT molecular complexity index is 222. The van der Waals surface area contributed by atoms with Gasteiger partial charge in [0.15, 0.2) is 0 Å². The van der Waals surface area contributed by atoms with E-state index in [1.807, 2.05) is 10.2 Å². The normalized spacial score (nSPS) is 11.1. The van der Waals surface area contributed by atoms with Crippen LogP contribution in [0, 0.1) is 0 Å². The zero-order valence-electron chi connectivity index (χ0n) is 6.25. The summed E-state index contributed by atoms with van der Waals surface area (Å²) in [5.41, 5.74) is 1.88. The van der Waals surface area contributed by atoms with Gasteiger partial charge in [0, 0.05) is 0 Å². The third kappa shape index (κ3) is 4.71. The first-order valence-electron chi connectivity index (χ1n) is 2.75. The van der Waals surface area contributed by atoms with E-state index in [2.05, 4.69) is 4.84 Å². The lowest BCUT2D eigenvalue weighted by Crippen LogP contribution is -2.34. The van der Waals surface area contributed by atoms with Gasteiger partial charge in [-0.15, -0.1) is 0 Å². The van der Waals surface area contributed by atoms with E-state index in [1.54, 1.807) is 0 Å². The molecule has 0 rings (SSSR count). The Kier molecular flexibility index (Phi) is 4.01. The van der Waals surface area contributed by atoms with Gasteiger partial charge in [-0.1, -0.05) is 0 Å². The molecule has 0 spiro atoms. The maximum atomic E-state index is 10.7. The van der Waals surface area contributed by atoms with Crippen LogP contribution in [-0.4, -0.2) is 34.2 Å². The van der Waals surface area contributed by atoms with Crippen molar-refractivity contribution in [2.75, 3.05) is 19.9 Å². The number of carbonyl (C=O) groups is 1. The van der Waals surface area contributed by atoms with E-state index in [0.717, 1.165) is 0 Å². The number of hydroxylamine groups is 1. The Morgan fingerprint density at radius 1 is 1.55 bits per heavy atom. The van der Waals surface area contributed by atoms with Gasteiger partial charge in [0.05, 0.1) is 7.11 Å². The third-order valence-corrected chi connectivity index (χ3v) is 2.11. The van der Waals surface area contributed by atoms with Gasteiger partial charge in [-0.05, 0) is 7.05 Å². The maximum absolute atomic E-state index is 10.7. The molecule has 1 amide bonds. The maximum Gasteiger partial charge on any atom is 0.260 e. The first kappa shape index (κ1) is 10.3. The minimum atomic E-state index is -3.48. The lowest BCUT2D eigenvalue weighted by Gasteiger charge is -2.01. The lowest BCUT2D eigenvalue weighted by molar-refractivity contribution is -0.128. The minimum absolute atomic E-state index is 0.628. The average Bonchev–Trinajstić information content (AvgIpc) is 1.87. The van der Waals surface area contributed by atoms with Crippen molar-refractivity contribution in [1.29, 1.82) is 0 Å². The summed E-state index contributed by atoms with van der Waals surface area (Å²) in [5, 5.41) is 0. The Morgan fingerprint density at radius 2 is 2.09 bits per heavy atom. The lowest BCUT2D eigenvalue weighted by atomic mass is 10.8. The van der Waals surface area contributed by atoms with Crippen LogP contribution in [0.2, 0.25) is 0 Å². The number of carbonyl (C=O) groups excluding carboxylic acids is 1. The van der Waals surface area contributed by atoms with Gasteiger partial charge in [-0.25, -0.2) is 18.6 Å². The Balaban J connectivity index is 3.95. The predicted molar refractivity (Wildman–Crippen MR) is 38.0 cm³/mol. The Hall–Kier alpha value is -0.660. The summed E-state index contributed by atoms with van der Waals surface area (Å²) >= 11 is 0. The van der Waals surface area contributed by atoms with Crippen molar-refractivity contribution in [3.63, 3.8) is 0 Å². The van der Waals surface area contributed by atoms with Crippen LogP contribution in [0.4, 0.5) is 0 Å². The smallest absolute Gasteiger partial charge is 0.260 e. The Labute approximate surface area is 64.9 Å². The van der Waals surface area contributed by atoms with Crippen molar-refractivity contribution in [3.8, 4) is 0 Å². The summed E-state index contributed by atoms with van der Waals surface area (Å²) in [5.74, 6) is -1.33. The van der Waals surface area contributed by atoms with E-state index in [1.165, 1.54) is 14.2 Å². The summed E-state index contributed by atoms with van der Waals surface area (Å²) < 4.78 is 23.3. The molecule has 0 saturated heterocycles. The van der Waals surface area contributed by atoms with Gasteiger partial charge in [0.1, 0.15) is 5.75 Å². The van der Waals surface area contributed by atoms with Crippen molar-refractivity contribution >= 4 is 15.9 Å². The second-order valence-electron chi connectivity index (χ2n) is 1.69. The zero-order chi connectivity index (χ0) is 8.91. The molecule has 0 heterocycles. The van der Waals surface area contributed by atoms with Gasteiger partial charge >= 0.3 is 0 Å². The quantitative estimate of drug-likeness (QED) is 0.503. The molecule has 0 radical (unpaired) electrons. The predicted octanol–water partition coefficient (Wildman–Crippen LogP) is -1.79. The SMILES string of the molecule is CNS(=O)(=O)CC(=O)NOC. The molecule has 0 atom stereocenters. The second-order valence-corrected chi connectivity index (χ2v) is 3.62. The van der Waals surface area contributed by atoms with Crippen LogP contribution in [0.5, 0.6) is 0 Å². The molecule has 7 heteroatoms. The van der Waals surface area contributed by atoms with Crippen molar-refractivity contribution in [1.82, 2.24) is 10.2 Å². The van der Waals surface area contributed by atoms with Crippen LogP contribution in [0.15, 0.2) is 0 Å².